The lowest BCUT2D eigenvalue weighted by atomic mass is 9.90. The van der Waals surface area contributed by atoms with Crippen LogP contribution < -0.4 is 10.1 Å². The SMILES string of the molecule is COc1ccc(Cc2sc(C3CNCCO3)nc2C(C)(C)C)cc1. The predicted octanol–water partition coefficient (Wildman–Crippen LogP) is 3.70. The van der Waals surface area contributed by atoms with Gasteiger partial charge >= 0.3 is 0 Å². The van der Waals surface area contributed by atoms with Crippen molar-refractivity contribution < 1.29 is 9.47 Å². The third kappa shape index (κ3) is 3.97. The van der Waals surface area contributed by atoms with Crippen molar-refractivity contribution in [2.45, 2.75) is 38.7 Å². The smallest absolute Gasteiger partial charge is 0.123 e. The van der Waals surface area contributed by atoms with Gasteiger partial charge in [0.25, 0.3) is 0 Å². The maximum atomic E-state index is 5.89. The Balaban J connectivity index is 1.87. The van der Waals surface area contributed by atoms with Gasteiger partial charge in [0.2, 0.25) is 0 Å². The number of methoxy groups -OCH3 is 1. The number of nitrogens with one attached hydrogen (secondary N) is 1. The molecule has 0 radical (unpaired) electrons. The van der Waals surface area contributed by atoms with Gasteiger partial charge in [-0.1, -0.05) is 32.9 Å². The zero-order chi connectivity index (χ0) is 17.2. The molecule has 1 unspecified atom stereocenters. The van der Waals surface area contributed by atoms with E-state index in [1.165, 1.54) is 16.1 Å². The first-order valence-electron chi connectivity index (χ1n) is 8.42. The van der Waals surface area contributed by atoms with Crippen molar-refractivity contribution in [1.82, 2.24) is 10.3 Å². The summed E-state index contributed by atoms with van der Waals surface area (Å²) >= 11 is 1.79. The Morgan fingerprint density at radius 1 is 1.29 bits per heavy atom. The van der Waals surface area contributed by atoms with Gasteiger partial charge < -0.3 is 14.8 Å². The lowest BCUT2D eigenvalue weighted by Crippen LogP contribution is -2.33. The molecule has 1 saturated heterocycles. The van der Waals surface area contributed by atoms with Gasteiger partial charge in [0, 0.05) is 29.8 Å². The van der Waals surface area contributed by atoms with Crippen molar-refractivity contribution in [2.24, 2.45) is 0 Å². The summed E-state index contributed by atoms with van der Waals surface area (Å²) in [5.74, 6) is 0.890. The number of ether oxygens (including phenoxy) is 2. The van der Waals surface area contributed by atoms with E-state index in [1.807, 2.05) is 12.1 Å². The van der Waals surface area contributed by atoms with Crippen LogP contribution in [-0.2, 0) is 16.6 Å². The molecule has 130 valence electrons. The molecule has 0 bridgehead atoms. The molecule has 4 nitrogen and oxygen atoms in total. The molecule has 5 heteroatoms. The molecule has 1 aromatic heterocycles. The third-order valence-electron chi connectivity index (χ3n) is 4.15. The van der Waals surface area contributed by atoms with Crippen LogP contribution in [-0.4, -0.2) is 31.8 Å². The van der Waals surface area contributed by atoms with Crippen molar-refractivity contribution in [3.05, 3.63) is 45.4 Å². The van der Waals surface area contributed by atoms with Crippen molar-refractivity contribution in [3.8, 4) is 5.75 Å². The monoisotopic (exact) mass is 346 g/mol. The Labute approximate surface area is 148 Å². The highest BCUT2D eigenvalue weighted by Gasteiger charge is 2.27. The van der Waals surface area contributed by atoms with Gasteiger partial charge in [-0.3, -0.25) is 0 Å². The van der Waals surface area contributed by atoms with E-state index >= 15 is 0 Å². The zero-order valence-corrected chi connectivity index (χ0v) is 15.7. The Kier molecular flexibility index (Phi) is 5.23. The standard InChI is InChI=1S/C19H26N2O2S/c1-19(2,3)17-16(11-13-5-7-14(22-4)8-6-13)24-18(21-17)15-12-20-9-10-23-15/h5-8,15,20H,9-12H2,1-4H3. The van der Waals surface area contributed by atoms with Crippen molar-refractivity contribution in [2.75, 3.05) is 26.8 Å². The van der Waals surface area contributed by atoms with Gasteiger partial charge in [-0.2, -0.15) is 0 Å². The molecule has 0 aliphatic carbocycles. The van der Waals surface area contributed by atoms with Crippen LogP contribution in [0, 0.1) is 0 Å². The molecule has 1 aliphatic heterocycles. The topological polar surface area (TPSA) is 43.4 Å². The van der Waals surface area contributed by atoms with E-state index < -0.39 is 0 Å². The number of thiazole rings is 1. The molecule has 2 aromatic rings. The number of aromatic nitrogens is 1. The Morgan fingerprint density at radius 2 is 2.04 bits per heavy atom. The van der Waals surface area contributed by atoms with E-state index in [1.54, 1.807) is 18.4 Å². The zero-order valence-electron chi connectivity index (χ0n) is 14.9. The normalized spacial score (nSPS) is 18.6. The van der Waals surface area contributed by atoms with Gasteiger partial charge in [0.1, 0.15) is 16.9 Å². The van der Waals surface area contributed by atoms with Gasteiger partial charge in [-0.25, -0.2) is 4.98 Å². The first kappa shape index (κ1) is 17.4. The maximum Gasteiger partial charge on any atom is 0.123 e. The number of rotatable bonds is 4. The van der Waals surface area contributed by atoms with E-state index in [0.29, 0.717) is 0 Å². The fourth-order valence-electron chi connectivity index (χ4n) is 2.87. The second kappa shape index (κ2) is 7.21. The second-order valence-corrected chi connectivity index (χ2v) is 8.28. The van der Waals surface area contributed by atoms with Gasteiger partial charge in [-0.15, -0.1) is 11.3 Å². The van der Waals surface area contributed by atoms with E-state index in [2.05, 4.69) is 38.2 Å². The van der Waals surface area contributed by atoms with Crippen LogP contribution in [0.5, 0.6) is 5.75 Å². The highest BCUT2D eigenvalue weighted by molar-refractivity contribution is 7.11. The number of morpholine rings is 1. The van der Waals surface area contributed by atoms with E-state index in [9.17, 15) is 0 Å². The number of hydrogen-bond acceptors (Lipinski definition) is 5. The van der Waals surface area contributed by atoms with Crippen LogP contribution in [0.25, 0.3) is 0 Å². The Hall–Kier alpha value is -1.43. The Morgan fingerprint density at radius 3 is 2.62 bits per heavy atom. The lowest BCUT2D eigenvalue weighted by molar-refractivity contribution is 0.0274. The Bertz CT molecular complexity index is 668. The summed E-state index contributed by atoms with van der Waals surface area (Å²) in [5.41, 5.74) is 2.49. The van der Waals surface area contributed by atoms with E-state index in [4.69, 9.17) is 14.5 Å². The molecular formula is C19H26N2O2S. The fraction of sp³-hybridized carbons (Fsp3) is 0.526. The summed E-state index contributed by atoms with van der Waals surface area (Å²) in [6, 6.07) is 8.29. The largest absolute Gasteiger partial charge is 0.497 e. The van der Waals surface area contributed by atoms with Crippen molar-refractivity contribution >= 4 is 11.3 Å². The summed E-state index contributed by atoms with van der Waals surface area (Å²) in [6.45, 7) is 9.20. The summed E-state index contributed by atoms with van der Waals surface area (Å²) in [5, 5.41) is 4.48. The molecule has 1 aromatic carbocycles. The first-order valence-corrected chi connectivity index (χ1v) is 9.24. The van der Waals surface area contributed by atoms with Crippen LogP contribution in [0.3, 0.4) is 0 Å². The minimum absolute atomic E-state index is 0.0264. The van der Waals surface area contributed by atoms with Gasteiger partial charge in [0.05, 0.1) is 19.4 Å². The minimum atomic E-state index is 0.0264. The number of benzene rings is 1. The highest BCUT2D eigenvalue weighted by atomic mass is 32.1. The summed E-state index contributed by atoms with van der Waals surface area (Å²) in [6.07, 6.45) is 0.975. The molecule has 1 aliphatic rings. The van der Waals surface area contributed by atoms with Crippen LogP contribution in [0.1, 0.15) is 48.0 Å². The quantitative estimate of drug-likeness (QED) is 0.917. The molecular weight excluding hydrogens is 320 g/mol. The molecule has 1 atom stereocenters. The fourth-order valence-corrected chi connectivity index (χ4v) is 4.23. The van der Waals surface area contributed by atoms with Crippen molar-refractivity contribution in [3.63, 3.8) is 0 Å². The number of nitrogens with zero attached hydrogens (tertiary/aromatic N) is 1. The van der Waals surface area contributed by atoms with E-state index in [0.717, 1.165) is 36.9 Å². The first-order chi connectivity index (χ1) is 11.5. The molecule has 0 amide bonds. The van der Waals surface area contributed by atoms with Gasteiger partial charge in [0.15, 0.2) is 0 Å². The van der Waals surface area contributed by atoms with Gasteiger partial charge in [-0.05, 0) is 17.7 Å². The van der Waals surface area contributed by atoms with Crippen LogP contribution in [0.2, 0.25) is 0 Å². The van der Waals surface area contributed by atoms with Crippen LogP contribution >= 0.6 is 11.3 Å². The molecule has 1 fully saturated rings. The molecule has 0 saturated carbocycles. The average Bonchev–Trinajstić information content (AvgIpc) is 3.00. The molecule has 3 rings (SSSR count). The second-order valence-electron chi connectivity index (χ2n) is 7.16. The number of hydrogen-bond donors (Lipinski definition) is 1. The summed E-state index contributed by atoms with van der Waals surface area (Å²) in [4.78, 5) is 6.29. The molecule has 2 heterocycles. The predicted molar refractivity (Wildman–Crippen MR) is 98.2 cm³/mol. The summed E-state index contributed by atoms with van der Waals surface area (Å²) in [7, 11) is 1.69. The van der Waals surface area contributed by atoms with E-state index in [-0.39, 0.29) is 11.5 Å². The molecule has 1 N–H and O–H groups in total. The minimum Gasteiger partial charge on any atom is -0.497 e. The highest BCUT2D eigenvalue weighted by Crippen LogP contribution is 2.35. The summed E-state index contributed by atoms with van der Waals surface area (Å²) < 4.78 is 11.1. The third-order valence-corrected chi connectivity index (χ3v) is 5.30. The van der Waals surface area contributed by atoms with Crippen molar-refractivity contribution in [1.29, 1.82) is 0 Å². The molecule has 24 heavy (non-hydrogen) atoms. The van der Waals surface area contributed by atoms with Crippen LogP contribution in [0.4, 0.5) is 0 Å². The molecule has 0 spiro atoms. The average molecular weight is 346 g/mol. The maximum absolute atomic E-state index is 5.89. The lowest BCUT2D eigenvalue weighted by Gasteiger charge is -2.22. The van der Waals surface area contributed by atoms with Crippen LogP contribution in [0.15, 0.2) is 24.3 Å².